The maximum Gasteiger partial charge on any atom is 0.217 e. The molecule has 0 amide bonds. The highest BCUT2D eigenvalue weighted by atomic mass is 79.9. The lowest BCUT2D eigenvalue weighted by molar-refractivity contribution is -0.303. The Bertz CT molecular complexity index is 336. The van der Waals surface area contributed by atoms with Gasteiger partial charge in [-0.1, -0.05) is 35.8 Å². The van der Waals surface area contributed by atoms with Gasteiger partial charge in [-0.05, 0) is 18.4 Å². The molecule has 0 aliphatic carbocycles. The van der Waals surface area contributed by atoms with E-state index in [0.29, 0.717) is 0 Å². The van der Waals surface area contributed by atoms with E-state index in [2.05, 4.69) is 48.1 Å². The number of hydrogen-bond acceptors (Lipinski definition) is 3. The van der Waals surface area contributed by atoms with Crippen LogP contribution < -0.4 is 0 Å². The molecule has 1 aliphatic rings. The van der Waals surface area contributed by atoms with Crippen LogP contribution in [0, 0.1) is 5.41 Å². The second-order valence-corrected chi connectivity index (χ2v) is 7.32. The van der Waals surface area contributed by atoms with Gasteiger partial charge in [0.25, 0.3) is 0 Å². The van der Waals surface area contributed by atoms with Crippen molar-refractivity contribution in [3.05, 3.63) is 22.4 Å². The number of alkyl halides is 1. The highest BCUT2D eigenvalue weighted by Crippen LogP contribution is 2.43. The highest BCUT2D eigenvalue weighted by Gasteiger charge is 2.46. The van der Waals surface area contributed by atoms with Crippen molar-refractivity contribution in [2.45, 2.75) is 31.4 Å². The van der Waals surface area contributed by atoms with E-state index in [0.717, 1.165) is 18.1 Å². The van der Waals surface area contributed by atoms with Gasteiger partial charge in [0.15, 0.2) is 0 Å². The van der Waals surface area contributed by atoms with Crippen LogP contribution in [0.1, 0.15) is 25.6 Å². The molecule has 1 fully saturated rings. The number of ether oxygens (including phenoxy) is 2. The van der Waals surface area contributed by atoms with Gasteiger partial charge in [-0.25, -0.2) is 0 Å². The van der Waals surface area contributed by atoms with E-state index < -0.39 is 5.79 Å². The molecule has 2 rings (SSSR count). The molecule has 1 unspecified atom stereocenters. The van der Waals surface area contributed by atoms with Crippen molar-refractivity contribution >= 4 is 27.3 Å². The number of halogens is 1. The summed E-state index contributed by atoms with van der Waals surface area (Å²) in [4.78, 5) is 1.27. The first kappa shape index (κ1) is 12.6. The summed E-state index contributed by atoms with van der Waals surface area (Å²) in [5.41, 5.74) is 0.0999. The predicted molar refractivity (Wildman–Crippen MR) is 70.1 cm³/mol. The van der Waals surface area contributed by atoms with E-state index >= 15 is 0 Å². The summed E-state index contributed by atoms with van der Waals surface area (Å²) < 4.78 is 12.1. The first-order valence-electron chi connectivity index (χ1n) is 5.42. The van der Waals surface area contributed by atoms with Crippen LogP contribution in [0.25, 0.3) is 0 Å². The van der Waals surface area contributed by atoms with Gasteiger partial charge < -0.3 is 9.47 Å². The van der Waals surface area contributed by atoms with Crippen LogP contribution in [0.2, 0.25) is 0 Å². The summed E-state index contributed by atoms with van der Waals surface area (Å²) in [7, 11) is 0. The van der Waals surface area contributed by atoms with Crippen molar-refractivity contribution in [1.82, 2.24) is 0 Å². The molecule has 0 N–H and O–H groups in total. The van der Waals surface area contributed by atoms with E-state index in [1.54, 1.807) is 11.3 Å². The van der Waals surface area contributed by atoms with Gasteiger partial charge in [-0.3, -0.25) is 0 Å². The van der Waals surface area contributed by atoms with Crippen molar-refractivity contribution < 1.29 is 9.47 Å². The second-order valence-electron chi connectivity index (χ2n) is 5.00. The fourth-order valence-corrected chi connectivity index (χ4v) is 3.32. The molecular weight excluding hydrogens is 288 g/mol. The third-order valence-corrected chi connectivity index (χ3v) is 4.31. The van der Waals surface area contributed by atoms with Crippen LogP contribution in [0.15, 0.2) is 17.5 Å². The molecule has 1 aliphatic heterocycles. The molecular formula is C12H17BrO2S. The SMILES string of the molecule is CC(Br)C1(c2cccs2)OCC(C)(C)CO1. The van der Waals surface area contributed by atoms with Crippen molar-refractivity contribution in [2.75, 3.05) is 13.2 Å². The Kier molecular flexibility index (Phi) is 3.46. The molecule has 16 heavy (non-hydrogen) atoms. The minimum atomic E-state index is -0.607. The molecule has 2 heterocycles. The van der Waals surface area contributed by atoms with E-state index in [9.17, 15) is 0 Å². The van der Waals surface area contributed by atoms with Gasteiger partial charge in [-0.2, -0.15) is 0 Å². The van der Waals surface area contributed by atoms with Crippen LogP contribution in [-0.4, -0.2) is 18.0 Å². The Morgan fingerprint density at radius 2 is 2.00 bits per heavy atom. The van der Waals surface area contributed by atoms with Crippen molar-refractivity contribution in [3.63, 3.8) is 0 Å². The molecule has 0 spiro atoms. The molecule has 0 aromatic carbocycles. The third kappa shape index (κ3) is 2.21. The van der Waals surface area contributed by atoms with Crippen LogP contribution in [0.4, 0.5) is 0 Å². The lowest BCUT2D eigenvalue weighted by Crippen LogP contribution is -2.49. The lowest BCUT2D eigenvalue weighted by Gasteiger charge is -2.44. The smallest absolute Gasteiger partial charge is 0.217 e. The monoisotopic (exact) mass is 304 g/mol. The maximum atomic E-state index is 6.03. The van der Waals surface area contributed by atoms with Crippen molar-refractivity contribution in [3.8, 4) is 0 Å². The Morgan fingerprint density at radius 1 is 1.38 bits per heavy atom. The van der Waals surface area contributed by atoms with Crippen molar-refractivity contribution in [2.24, 2.45) is 5.41 Å². The fourth-order valence-electron chi connectivity index (χ4n) is 1.73. The standard InChI is InChI=1S/C12H17BrO2S/c1-9(13)12(10-5-4-6-16-10)14-7-11(2,3)8-15-12/h4-6,9H,7-8H2,1-3H3. The molecule has 1 atom stereocenters. The van der Waals surface area contributed by atoms with Gasteiger partial charge in [0.05, 0.1) is 22.9 Å². The summed E-state index contributed by atoms with van der Waals surface area (Å²) in [5, 5.41) is 2.05. The molecule has 2 nitrogen and oxygen atoms in total. The van der Waals surface area contributed by atoms with E-state index in [4.69, 9.17) is 9.47 Å². The molecule has 4 heteroatoms. The zero-order chi connectivity index (χ0) is 11.8. The van der Waals surface area contributed by atoms with Crippen LogP contribution >= 0.6 is 27.3 Å². The average Bonchev–Trinajstić information content (AvgIpc) is 2.71. The molecule has 1 aromatic rings. The zero-order valence-corrected chi connectivity index (χ0v) is 12.2. The number of thiophene rings is 1. The van der Waals surface area contributed by atoms with Gasteiger partial charge in [-0.15, -0.1) is 11.3 Å². The molecule has 1 saturated heterocycles. The topological polar surface area (TPSA) is 18.5 Å². The largest absolute Gasteiger partial charge is 0.344 e. The van der Waals surface area contributed by atoms with Crippen LogP contribution in [0.5, 0.6) is 0 Å². The van der Waals surface area contributed by atoms with Crippen LogP contribution in [-0.2, 0) is 15.3 Å². The normalized spacial score (nSPS) is 25.2. The van der Waals surface area contributed by atoms with Gasteiger partial charge in [0.2, 0.25) is 5.79 Å². The minimum Gasteiger partial charge on any atom is -0.344 e. The molecule has 1 aromatic heterocycles. The van der Waals surface area contributed by atoms with Gasteiger partial charge in [0, 0.05) is 5.41 Å². The minimum absolute atomic E-state index is 0.0999. The third-order valence-electron chi connectivity index (χ3n) is 2.74. The first-order valence-corrected chi connectivity index (χ1v) is 7.22. The Labute approximate surface area is 109 Å². The Morgan fingerprint density at radius 3 is 2.44 bits per heavy atom. The highest BCUT2D eigenvalue weighted by molar-refractivity contribution is 9.09. The van der Waals surface area contributed by atoms with E-state index in [1.807, 2.05) is 6.07 Å². The molecule has 90 valence electrons. The van der Waals surface area contributed by atoms with Crippen molar-refractivity contribution in [1.29, 1.82) is 0 Å². The maximum absolute atomic E-state index is 6.03. The predicted octanol–water partition coefficient (Wildman–Crippen LogP) is 3.76. The van der Waals surface area contributed by atoms with E-state index in [1.165, 1.54) is 0 Å². The van der Waals surface area contributed by atoms with Gasteiger partial charge in [0.1, 0.15) is 0 Å². The lowest BCUT2D eigenvalue weighted by atomic mass is 9.94. The van der Waals surface area contributed by atoms with Gasteiger partial charge >= 0.3 is 0 Å². The Balaban J connectivity index is 2.26. The number of hydrogen-bond donors (Lipinski definition) is 0. The fraction of sp³-hybridized carbons (Fsp3) is 0.667. The zero-order valence-electron chi connectivity index (χ0n) is 9.83. The Hall–Kier alpha value is 0.1000. The summed E-state index contributed by atoms with van der Waals surface area (Å²) in [6.45, 7) is 7.83. The summed E-state index contributed by atoms with van der Waals surface area (Å²) >= 11 is 5.29. The van der Waals surface area contributed by atoms with E-state index in [-0.39, 0.29) is 10.2 Å². The average molecular weight is 305 g/mol. The quantitative estimate of drug-likeness (QED) is 0.775. The second kappa shape index (κ2) is 4.41. The van der Waals surface area contributed by atoms with Crippen LogP contribution in [0.3, 0.4) is 0 Å². The molecule has 0 radical (unpaired) electrons. The molecule has 0 bridgehead atoms. The first-order chi connectivity index (χ1) is 7.46. The number of rotatable bonds is 2. The summed E-state index contributed by atoms with van der Waals surface area (Å²) in [6.07, 6.45) is 0. The summed E-state index contributed by atoms with van der Waals surface area (Å²) in [6, 6.07) is 4.10. The summed E-state index contributed by atoms with van der Waals surface area (Å²) in [5.74, 6) is -0.607. The molecule has 0 saturated carbocycles.